The van der Waals surface area contributed by atoms with Crippen LogP contribution in [0.2, 0.25) is 0 Å². The normalized spacial score (nSPS) is 10.8. The van der Waals surface area contributed by atoms with E-state index in [-0.39, 0.29) is 0 Å². The van der Waals surface area contributed by atoms with Crippen molar-refractivity contribution in [3.05, 3.63) is 21.8 Å². The third-order valence-corrected chi connectivity index (χ3v) is 2.30. The van der Waals surface area contributed by atoms with Crippen molar-refractivity contribution in [3.63, 3.8) is 0 Å². The molecule has 0 aliphatic rings. The van der Waals surface area contributed by atoms with Gasteiger partial charge in [-0.1, -0.05) is 0 Å². The van der Waals surface area contributed by atoms with Gasteiger partial charge in [0.25, 0.3) is 0 Å². The lowest BCUT2D eigenvalue weighted by Gasteiger charge is -1.94. The Labute approximate surface area is 83.0 Å². The largest absolute Gasteiger partial charge is 0.369 e. The summed E-state index contributed by atoms with van der Waals surface area (Å²) < 4.78 is 2.72. The van der Waals surface area contributed by atoms with E-state index in [0.717, 1.165) is 14.9 Å². The van der Waals surface area contributed by atoms with E-state index in [4.69, 9.17) is 5.73 Å². The lowest BCUT2D eigenvalue weighted by molar-refractivity contribution is 1.07. The Kier molecular flexibility index (Phi) is 1.67. The highest BCUT2D eigenvalue weighted by molar-refractivity contribution is 14.1. The van der Waals surface area contributed by atoms with Crippen LogP contribution in [0.4, 0.5) is 5.95 Å². The van der Waals surface area contributed by atoms with Crippen molar-refractivity contribution >= 4 is 34.1 Å². The molecular formula is C7H7IN4. The fraction of sp³-hybridized carbons (Fsp3) is 0.143. The van der Waals surface area contributed by atoms with Gasteiger partial charge in [-0.3, -0.25) is 4.40 Å². The number of nitrogen functional groups attached to an aromatic ring is 1. The summed E-state index contributed by atoms with van der Waals surface area (Å²) in [5, 5.41) is 0. The summed E-state index contributed by atoms with van der Waals surface area (Å²) in [6.45, 7) is 1.93. The second-order valence-electron chi connectivity index (χ2n) is 2.52. The zero-order valence-corrected chi connectivity index (χ0v) is 8.61. The molecule has 0 saturated carbocycles. The molecule has 2 aromatic heterocycles. The zero-order valence-electron chi connectivity index (χ0n) is 6.45. The second kappa shape index (κ2) is 2.58. The number of nitrogens with zero attached hydrogens (tertiary/aromatic N) is 3. The molecule has 2 aromatic rings. The van der Waals surface area contributed by atoms with E-state index in [9.17, 15) is 0 Å². The Hall–Kier alpha value is -0.850. The first-order valence-electron chi connectivity index (χ1n) is 3.44. The average Bonchev–Trinajstić information content (AvgIpc) is 2.28. The minimum atomic E-state index is 0.492. The first kappa shape index (κ1) is 7.78. The quantitative estimate of drug-likeness (QED) is 0.580. The highest BCUT2D eigenvalue weighted by Gasteiger charge is 2.04. The van der Waals surface area contributed by atoms with Crippen molar-refractivity contribution in [2.45, 2.75) is 6.92 Å². The molecule has 0 saturated heterocycles. The molecule has 2 rings (SSSR count). The van der Waals surface area contributed by atoms with Crippen LogP contribution in [-0.4, -0.2) is 14.4 Å². The van der Waals surface area contributed by atoms with Crippen LogP contribution < -0.4 is 5.73 Å². The van der Waals surface area contributed by atoms with Crippen LogP contribution in [0.1, 0.15) is 5.69 Å². The fourth-order valence-corrected chi connectivity index (χ4v) is 1.56. The van der Waals surface area contributed by atoms with E-state index in [1.165, 1.54) is 0 Å². The highest BCUT2D eigenvalue weighted by atomic mass is 127. The standard InChI is InChI=1S/C7H7IN4/c1-4-5-2-6(8)10-3-12(5)7(9)11-4/h2-3H,1H3,(H2,9,11). The molecule has 0 aliphatic carbocycles. The topological polar surface area (TPSA) is 56.2 Å². The number of aryl methyl sites for hydroxylation is 1. The van der Waals surface area contributed by atoms with Gasteiger partial charge in [-0.25, -0.2) is 9.97 Å². The highest BCUT2D eigenvalue weighted by Crippen LogP contribution is 2.14. The number of anilines is 1. The van der Waals surface area contributed by atoms with E-state index < -0.39 is 0 Å². The molecule has 0 spiro atoms. The molecule has 12 heavy (non-hydrogen) atoms. The molecule has 0 fully saturated rings. The van der Waals surface area contributed by atoms with E-state index in [0.29, 0.717) is 5.95 Å². The average molecular weight is 274 g/mol. The van der Waals surface area contributed by atoms with Gasteiger partial charge in [0.2, 0.25) is 5.95 Å². The fourth-order valence-electron chi connectivity index (χ4n) is 1.14. The van der Waals surface area contributed by atoms with Crippen LogP contribution >= 0.6 is 22.6 Å². The van der Waals surface area contributed by atoms with Gasteiger partial charge in [0.1, 0.15) is 10.0 Å². The van der Waals surface area contributed by atoms with Crippen molar-refractivity contribution in [1.29, 1.82) is 0 Å². The molecule has 4 nitrogen and oxygen atoms in total. The van der Waals surface area contributed by atoms with Crippen molar-refractivity contribution in [3.8, 4) is 0 Å². The maximum atomic E-state index is 5.64. The van der Waals surface area contributed by atoms with Gasteiger partial charge in [0.05, 0.1) is 11.2 Å². The number of nitrogens with two attached hydrogens (primary N) is 1. The molecule has 0 unspecified atom stereocenters. The first-order chi connectivity index (χ1) is 5.68. The van der Waals surface area contributed by atoms with Crippen molar-refractivity contribution in [1.82, 2.24) is 14.4 Å². The minimum Gasteiger partial charge on any atom is -0.369 e. The van der Waals surface area contributed by atoms with Crippen molar-refractivity contribution in [2.24, 2.45) is 0 Å². The maximum absolute atomic E-state index is 5.64. The predicted molar refractivity (Wildman–Crippen MR) is 54.9 cm³/mol. The number of hydrogen-bond donors (Lipinski definition) is 1. The number of fused-ring (bicyclic) bond motifs is 1. The van der Waals surface area contributed by atoms with Crippen LogP contribution in [0.5, 0.6) is 0 Å². The Morgan fingerprint density at radius 3 is 3.08 bits per heavy atom. The molecule has 0 aromatic carbocycles. The van der Waals surface area contributed by atoms with Gasteiger partial charge in [0, 0.05) is 0 Å². The van der Waals surface area contributed by atoms with Crippen LogP contribution in [0.3, 0.4) is 0 Å². The van der Waals surface area contributed by atoms with Gasteiger partial charge in [-0.05, 0) is 35.6 Å². The summed E-state index contributed by atoms with van der Waals surface area (Å²) in [7, 11) is 0. The SMILES string of the molecule is Cc1nc(N)n2cnc(I)cc12. The third kappa shape index (κ3) is 1.04. The van der Waals surface area contributed by atoms with Gasteiger partial charge in [-0.2, -0.15) is 0 Å². The second-order valence-corrected chi connectivity index (χ2v) is 3.63. The number of rotatable bonds is 0. The molecular weight excluding hydrogens is 267 g/mol. The van der Waals surface area contributed by atoms with Crippen LogP contribution in [-0.2, 0) is 0 Å². The zero-order chi connectivity index (χ0) is 8.72. The van der Waals surface area contributed by atoms with Gasteiger partial charge < -0.3 is 5.73 Å². The van der Waals surface area contributed by atoms with E-state index in [1.807, 2.05) is 13.0 Å². The van der Waals surface area contributed by atoms with E-state index in [2.05, 4.69) is 32.6 Å². The Morgan fingerprint density at radius 1 is 1.58 bits per heavy atom. The third-order valence-electron chi connectivity index (χ3n) is 1.71. The molecule has 0 amide bonds. The summed E-state index contributed by atoms with van der Waals surface area (Å²) in [6.07, 6.45) is 1.69. The molecule has 0 atom stereocenters. The Morgan fingerprint density at radius 2 is 2.33 bits per heavy atom. The molecule has 0 aliphatic heterocycles. The summed E-state index contributed by atoms with van der Waals surface area (Å²) >= 11 is 2.16. The molecule has 2 N–H and O–H groups in total. The van der Waals surface area contributed by atoms with Crippen LogP contribution in [0, 0.1) is 10.6 Å². The summed E-state index contributed by atoms with van der Waals surface area (Å²) in [5.74, 6) is 0.492. The lowest BCUT2D eigenvalue weighted by atomic mass is 10.4. The number of imidazole rings is 1. The van der Waals surface area contributed by atoms with Crippen molar-refractivity contribution in [2.75, 3.05) is 5.73 Å². The maximum Gasteiger partial charge on any atom is 0.206 e. The van der Waals surface area contributed by atoms with Gasteiger partial charge >= 0.3 is 0 Å². The summed E-state index contributed by atoms with van der Waals surface area (Å²) in [5.41, 5.74) is 7.59. The van der Waals surface area contributed by atoms with E-state index >= 15 is 0 Å². The lowest BCUT2D eigenvalue weighted by Crippen LogP contribution is -1.95. The molecule has 62 valence electrons. The van der Waals surface area contributed by atoms with Crippen molar-refractivity contribution < 1.29 is 0 Å². The molecule has 0 radical (unpaired) electrons. The summed E-state index contributed by atoms with van der Waals surface area (Å²) in [4.78, 5) is 8.24. The molecule has 5 heteroatoms. The molecule has 2 heterocycles. The first-order valence-corrected chi connectivity index (χ1v) is 4.52. The molecule has 0 bridgehead atoms. The smallest absolute Gasteiger partial charge is 0.206 e. The van der Waals surface area contributed by atoms with Gasteiger partial charge in [0.15, 0.2) is 0 Å². The Bertz CT molecular complexity index is 434. The van der Waals surface area contributed by atoms with Crippen LogP contribution in [0.25, 0.3) is 5.52 Å². The minimum absolute atomic E-state index is 0.492. The summed E-state index contributed by atoms with van der Waals surface area (Å²) in [6, 6.07) is 1.96. The van der Waals surface area contributed by atoms with Gasteiger partial charge in [-0.15, -0.1) is 0 Å². The number of halogens is 1. The van der Waals surface area contributed by atoms with E-state index in [1.54, 1.807) is 10.7 Å². The van der Waals surface area contributed by atoms with Crippen LogP contribution in [0.15, 0.2) is 12.4 Å². The monoisotopic (exact) mass is 274 g/mol. The Balaban J connectivity index is 2.90. The number of hydrogen-bond acceptors (Lipinski definition) is 3. The number of aromatic nitrogens is 3. The predicted octanol–water partition coefficient (Wildman–Crippen LogP) is 1.22.